The molecule has 3 N–H and O–H groups in total. The van der Waals surface area contributed by atoms with Gasteiger partial charge >= 0.3 is 5.97 Å². The minimum atomic E-state index is -1.32. The second kappa shape index (κ2) is 9.41. The van der Waals surface area contributed by atoms with Gasteiger partial charge in [0.15, 0.2) is 0 Å². The van der Waals surface area contributed by atoms with E-state index in [1.54, 1.807) is 5.38 Å². The summed E-state index contributed by atoms with van der Waals surface area (Å²) in [6.45, 7) is 0. The van der Waals surface area contributed by atoms with Crippen molar-refractivity contribution in [1.29, 1.82) is 0 Å². The van der Waals surface area contributed by atoms with E-state index in [-0.39, 0.29) is 40.8 Å². The minimum Gasteiger partial charge on any atom is -0.477 e. The number of β-lactam (4-membered cyclic amide) rings is 1. The average Bonchev–Trinajstić information content (AvgIpc) is 3.25. The lowest BCUT2D eigenvalue weighted by Gasteiger charge is -2.46. The Labute approximate surface area is 202 Å². The Bertz CT molecular complexity index is 1190. The summed E-state index contributed by atoms with van der Waals surface area (Å²) >= 11 is 7.47. The molecule has 0 bridgehead atoms. The van der Waals surface area contributed by atoms with Gasteiger partial charge in [-0.25, -0.2) is 9.78 Å². The molecule has 0 radical (unpaired) electrons. The number of nitrogens with one attached hydrogen (secondary N) is 2. The highest BCUT2D eigenvalue weighted by Crippen LogP contribution is 2.46. The number of aromatic nitrogens is 1. The first kappa shape index (κ1) is 23.1. The van der Waals surface area contributed by atoms with Crippen LogP contribution in [0.3, 0.4) is 0 Å². The Morgan fingerprint density at radius 2 is 1.91 bits per heavy atom. The maximum absolute atomic E-state index is 12.8. The van der Waals surface area contributed by atoms with Crippen LogP contribution in [0.25, 0.3) is 5.57 Å². The summed E-state index contributed by atoms with van der Waals surface area (Å²) in [4.78, 5) is 54.8. The second-order valence-corrected chi connectivity index (χ2v) is 9.69. The van der Waals surface area contributed by atoms with E-state index in [4.69, 9.17) is 12.2 Å². The molecule has 3 amide bonds. The summed E-state index contributed by atoms with van der Waals surface area (Å²) in [5.41, 5.74) is 1.20. The van der Waals surface area contributed by atoms with E-state index in [2.05, 4.69) is 15.6 Å². The molecule has 1 aromatic heterocycles. The minimum absolute atomic E-state index is 0.0240. The fourth-order valence-corrected chi connectivity index (χ4v) is 6.16. The molecule has 1 unspecified atom stereocenters. The molecule has 3 heterocycles. The van der Waals surface area contributed by atoms with Crippen molar-refractivity contribution in [3.8, 4) is 0 Å². The van der Waals surface area contributed by atoms with Crippen LogP contribution in [0.5, 0.6) is 0 Å². The number of benzene rings is 1. The third-order valence-corrected chi connectivity index (χ3v) is 7.82. The monoisotopic (exact) mass is 502 g/mol. The lowest BCUT2D eigenvalue weighted by Crippen LogP contribution is -2.63. The highest BCUT2D eigenvalue weighted by atomic mass is 32.2. The van der Waals surface area contributed by atoms with E-state index in [0.29, 0.717) is 10.7 Å². The Morgan fingerprint density at radius 3 is 2.58 bits per heavy atom. The number of hydrogen-bond donors (Lipinski definition) is 3. The quantitative estimate of drug-likeness (QED) is 0.381. The number of carbonyl (C=O) groups excluding carboxylic acids is 3. The summed E-state index contributed by atoms with van der Waals surface area (Å²) in [5.74, 6) is -2.42. The zero-order chi connectivity index (χ0) is 23.7. The molecule has 9 nitrogen and oxygen atoms in total. The average molecular weight is 503 g/mol. The van der Waals surface area contributed by atoms with Crippen molar-refractivity contribution < 1.29 is 24.3 Å². The fraction of sp³-hybridized carbons (Fsp3) is 0.238. The predicted octanol–water partition coefficient (Wildman–Crippen LogP) is 1.20. The third kappa shape index (κ3) is 4.54. The maximum atomic E-state index is 12.8. The summed E-state index contributed by atoms with van der Waals surface area (Å²) in [7, 11) is 1.51. The molecule has 1 saturated heterocycles. The van der Waals surface area contributed by atoms with E-state index in [1.807, 2.05) is 30.3 Å². The number of carboxylic acid groups (broad SMARTS) is 1. The van der Waals surface area contributed by atoms with Crippen LogP contribution in [0, 0.1) is 0 Å². The number of carboxylic acids is 1. The molecule has 0 aliphatic carbocycles. The Morgan fingerprint density at radius 1 is 1.18 bits per heavy atom. The van der Waals surface area contributed by atoms with Crippen LogP contribution in [0.15, 0.2) is 41.4 Å². The van der Waals surface area contributed by atoms with Gasteiger partial charge in [-0.15, -0.1) is 23.1 Å². The first-order chi connectivity index (χ1) is 15.8. The summed E-state index contributed by atoms with van der Waals surface area (Å²) in [6, 6.07) is 9.14. The molecule has 2 atom stereocenters. The maximum Gasteiger partial charge on any atom is 0.353 e. The molecule has 33 heavy (non-hydrogen) atoms. The zero-order valence-corrected chi connectivity index (χ0v) is 19.7. The van der Waals surface area contributed by atoms with Crippen molar-refractivity contribution in [2.45, 2.75) is 23.6 Å². The molecule has 2 aliphatic rings. The third-order valence-electron chi connectivity index (χ3n) is 5.02. The van der Waals surface area contributed by atoms with E-state index in [9.17, 15) is 24.3 Å². The summed E-state index contributed by atoms with van der Waals surface area (Å²) < 4.78 is 0. The Kier molecular flexibility index (Phi) is 6.58. The normalized spacial score (nSPS) is 19.6. The van der Waals surface area contributed by atoms with Crippen LogP contribution in [0.4, 0.5) is 0 Å². The number of nitrogens with zero attached hydrogens (tertiary/aromatic N) is 2. The summed E-state index contributed by atoms with van der Waals surface area (Å²) in [5, 5.41) is 15.9. The molecule has 0 saturated carbocycles. The number of rotatable bonds is 7. The van der Waals surface area contributed by atoms with Crippen LogP contribution in [0.2, 0.25) is 0 Å². The molecule has 12 heteroatoms. The fourth-order valence-electron chi connectivity index (χ4n) is 3.46. The van der Waals surface area contributed by atoms with Crippen LogP contribution in [-0.2, 0) is 32.0 Å². The molecule has 1 fully saturated rings. The van der Waals surface area contributed by atoms with E-state index in [0.717, 1.165) is 21.8 Å². The van der Waals surface area contributed by atoms with Crippen molar-refractivity contribution in [3.05, 3.63) is 57.7 Å². The highest BCUT2D eigenvalue weighted by molar-refractivity contribution is 8.03. The topological polar surface area (TPSA) is 129 Å². The second-order valence-electron chi connectivity index (χ2n) is 7.20. The van der Waals surface area contributed by atoms with Gasteiger partial charge in [0.05, 0.1) is 24.1 Å². The summed E-state index contributed by atoms with van der Waals surface area (Å²) in [6.07, 6.45) is 0.126. The van der Waals surface area contributed by atoms with Gasteiger partial charge in [0.2, 0.25) is 11.8 Å². The molecule has 0 spiro atoms. The van der Waals surface area contributed by atoms with Crippen molar-refractivity contribution in [3.63, 3.8) is 0 Å². The lowest BCUT2D eigenvalue weighted by atomic mass is 10.1. The van der Waals surface area contributed by atoms with E-state index >= 15 is 0 Å². The van der Waals surface area contributed by atoms with Gasteiger partial charge in [-0.1, -0.05) is 42.5 Å². The van der Waals surface area contributed by atoms with Crippen LogP contribution >= 0.6 is 35.3 Å². The smallest absolute Gasteiger partial charge is 0.353 e. The highest BCUT2D eigenvalue weighted by Gasteiger charge is 2.53. The van der Waals surface area contributed by atoms with Crippen LogP contribution in [0.1, 0.15) is 16.3 Å². The molecule has 2 aromatic rings. The van der Waals surface area contributed by atoms with Crippen molar-refractivity contribution in [2.24, 2.45) is 0 Å². The van der Waals surface area contributed by atoms with Crippen LogP contribution < -0.4 is 10.6 Å². The molecular formula is C21H18N4O5S3. The van der Waals surface area contributed by atoms with E-state index in [1.165, 1.54) is 18.8 Å². The van der Waals surface area contributed by atoms with Crippen molar-refractivity contribution >= 4 is 69.4 Å². The molecule has 2 aliphatic heterocycles. The number of carbonyl (C=O) groups is 4. The van der Waals surface area contributed by atoms with Gasteiger partial charge in [-0.2, -0.15) is 0 Å². The van der Waals surface area contributed by atoms with Gasteiger partial charge < -0.3 is 15.7 Å². The van der Waals surface area contributed by atoms with Gasteiger partial charge in [0.25, 0.3) is 5.91 Å². The van der Waals surface area contributed by atoms with Crippen molar-refractivity contribution in [2.75, 3.05) is 7.05 Å². The number of likely N-dealkylation sites (N-methyl/N-ethyl adjacent to an activating group) is 1. The standard InChI is InChI=1S/C21H18N4O5S3/c1-22-12(26)8-11-9-32-17(23-11)14-15(21(29)30)25-19(28)16(31)20(25)33-18(14)24-13(27)7-10-5-3-2-4-6-10/h2-6,9,18,20H,7-8H2,1H3,(H,22,26)(H,24,27)(H,29,30)/t18?,20-/m0/s1. The molecule has 1 aromatic carbocycles. The van der Waals surface area contributed by atoms with Gasteiger partial charge in [0.1, 0.15) is 26.3 Å². The Balaban J connectivity index is 1.70. The first-order valence-corrected chi connectivity index (χ1v) is 12.0. The molecular weight excluding hydrogens is 484 g/mol. The Hall–Kier alpha value is -3.09. The SMILES string of the molecule is CNC(=O)Cc1csc(C2=C(C(=O)O)N3C(=O)C(=S)[C@@H]3SC2NC(=O)Cc2ccccc2)n1. The number of fused-ring (bicyclic) bond motifs is 1. The van der Waals surface area contributed by atoms with Crippen LogP contribution in [-0.4, -0.2) is 61.3 Å². The number of amides is 3. The number of aliphatic carboxylic acids is 1. The number of thioether (sulfide) groups is 1. The molecule has 170 valence electrons. The number of hydrogen-bond acceptors (Lipinski definition) is 8. The largest absolute Gasteiger partial charge is 0.477 e. The zero-order valence-electron chi connectivity index (χ0n) is 17.2. The van der Waals surface area contributed by atoms with Gasteiger partial charge in [-0.05, 0) is 5.56 Å². The first-order valence-electron chi connectivity index (χ1n) is 9.79. The van der Waals surface area contributed by atoms with E-state index < -0.39 is 22.6 Å². The number of thiazole rings is 1. The van der Waals surface area contributed by atoms with Crippen molar-refractivity contribution in [1.82, 2.24) is 20.5 Å². The predicted molar refractivity (Wildman–Crippen MR) is 127 cm³/mol. The number of thiocarbonyl (C=S) groups is 1. The molecule has 4 rings (SSSR count). The van der Waals surface area contributed by atoms with Gasteiger partial charge in [0, 0.05) is 12.4 Å². The lowest BCUT2D eigenvalue weighted by molar-refractivity contribution is -0.138. The van der Waals surface area contributed by atoms with Gasteiger partial charge in [-0.3, -0.25) is 19.3 Å².